The van der Waals surface area contributed by atoms with Crippen LogP contribution < -0.4 is 0 Å². The minimum atomic E-state index is -4.25. The van der Waals surface area contributed by atoms with E-state index in [1.807, 2.05) is 24.4 Å². The van der Waals surface area contributed by atoms with Crippen molar-refractivity contribution >= 4 is 21.9 Å². The molecule has 1 aliphatic rings. The highest BCUT2D eigenvalue weighted by Gasteiger charge is 2.29. The third-order valence-corrected chi connectivity index (χ3v) is 5.14. The molecule has 26 heavy (non-hydrogen) atoms. The van der Waals surface area contributed by atoms with Crippen molar-refractivity contribution in [1.82, 2.24) is 14.5 Å². The van der Waals surface area contributed by atoms with Crippen molar-refractivity contribution in [2.45, 2.75) is 37.9 Å². The van der Waals surface area contributed by atoms with Crippen molar-refractivity contribution < 1.29 is 17.9 Å². The Hall–Kier alpha value is -2.15. The minimum absolute atomic E-state index is 0.188. The zero-order valence-corrected chi connectivity index (χ0v) is 14.2. The molecule has 4 rings (SSSR count). The highest BCUT2D eigenvalue weighted by atomic mass is 19.4. The molecule has 0 unspecified atom stereocenters. The van der Waals surface area contributed by atoms with Gasteiger partial charge in [0.15, 0.2) is 5.65 Å². The second-order valence-electron chi connectivity index (χ2n) is 6.96. The van der Waals surface area contributed by atoms with Crippen LogP contribution in [-0.4, -0.2) is 33.9 Å². The fourth-order valence-corrected chi connectivity index (χ4v) is 3.92. The normalized spacial score (nSPS) is 21.5. The molecule has 0 aromatic carbocycles. The molecular weight excluding hydrogens is 343 g/mol. The van der Waals surface area contributed by atoms with E-state index < -0.39 is 12.8 Å². The van der Waals surface area contributed by atoms with Crippen LogP contribution in [0.1, 0.15) is 31.7 Å². The van der Waals surface area contributed by atoms with Crippen molar-refractivity contribution in [3.8, 4) is 0 Å². The number of aromatic nitrogens is 3. The lowest BCUT2D eigenvalue weighted by Crippen LogP contribution is -2.24. The molecule has 0 spiro atoms. The molecule has 1 saturated carbocycles. The maximum absolute atomic E-state index is 12.2. The molecular formula is C19H20F3N3O. The Bertz CT molecular complexity index is 898. The Morgan fingerprint density at radius 2 is 1.92 bits per heavy atom. The van der Waals surface area contributed by atoms with Gasteiger partial charge in [-0.05, 0) is 49.8 Å². The zero-order valence-electron chi connectivity index (χ0n) is 14.2. The molecule has 3 heterocycles. The van der Waals surface area contributed by atoms with Crippen LogP contribution >= 0.6 is 0 Å². The summed E-state index contributed by atoms with van der Waals surface area (Å²) in [5, 5.41) is 2.11. The molecule has 1 aliphatic carbocycles. The van der Waals surface area contributed by atoms with E-state index in [0.29, 0.717) is 6.04 Å². The number of halogens is 3. The van der Waals surface area contributed by atoms with Gasteiger partial charge in [-0.3, -0.25) is 0 Å². The van der Waals surface area contributed by atoms with E-state index in [9.17, 15) is 13.2 Å². The summed E-state index contributed by atoms with van der Waals surface area (Å²) in [5.41, 5.74) is 1.87. The van der Waals surface area contributed by atoms with E-state index in [1.54, 1.807) is 6.20 Å². The molecule has 3 aromatic rings. The van der Waals surface area contributed by atoms with Gasteiger partial charge in [0.25, 0.3) is 0 Å². The van der Waals surface area contributed by atoms with Crippen LogP contribution in [-0.2, 0) is 4.74 Å². The van der Waals surface area contributed by atoms with Crippen LogP contribution in [0.15, 0.2) is 36.8 Å². The van der Waals surface area contributed by atoms with Gasteiger partial charge in [-0.2, -0.15) is 13.2 Å². The smallest absolute Gasteiger partial charge is 0.372 e. The predicted molar refractivity (Wildman–Crippen MR) is 92.9 cm³/mol. The maximum Gasteiger partial charge on any atom is 0.411 e. The first-order valence-corrected chi connectivity index (χ1v) is 8.86. The Morgan fingerprint density at radius 1 is 1.12 bits per heavy atom. The molecule has 0 amide bonds. The highest BCUT2D eigenvalue weighted by molar-refractivity contribution is 6.02. The topological polar surface area (TPSA) is 39.9 Å². The van der Waals surface area contributed by atoms with Crippen molar-refractivity contribution in [2.24, 2.45) is 5.92 Å². The average Bonchev–Trinajstić information content (AvgIpc) is 3.10. The number of nitrogens with zero attached hydrogens (tertiary/aromatic N) is 3. The fourth-order valence-electron chi connectivity index (χ4n) is 3.92. The number of pyridine rings is 2. The Kier molecular flexibility index (Phi) is 4.56. The second-order valence-corrected chi connectivity index (χ2v) is 6.96. The number of ether oxygens (including phenoxy) is 1. The molecule has 7 heteroatoms. The molecule has 3 aromatic heterocycles. The number of rotatable bonds is 4. The molecule has 0 N–H and O–H groups in total. The number of hydrogen-bond acceptors (Lipinski definition) is 3. The van der Waals surface area contributed by atoms with Gasteiger partial charge in [-0.15, -0.1) is 0 Å². The predicted octanol–water partition coefficient (Wildman–Crippen LogP) is 4.89. The molecule has 1 fully saturated rings. The largest absolute Gasteiger partial charge is 0.411 e. The van der Waals surface area contributed by atoms with Gasteiger partial charge in [0.1, 0.15) is 6.61 Å². The summed E-state index contributed by atoms with van der Waals surface area (Å²) in [6.07, 6.45) is 5.06. The van der Waals surface area contributed by atoms with Gasteiger partial charge in [0, 0.05) is 42.0 Å². The molecule has 4 nitrogen and oxygen atoms in total. The van der Waals surface area contributed by atoms with Crippen LogP contribution in [0.2, 0.25) is 0 Å². The Balaban J connectivity index is 1.49. The van der Waals surface area contributed by atoms with E-state index >= 15 is 0 Å². The lowest BCUT2D eigenvalue weighted by molar-refractivity contribution is -0.177. The maximum atomic E-state index is 12.2. The van der Waals surface area contributed by atoms with E-state index in [4.69, 9.17) is 4.74 Å². The lowest BCUT2D eigenvalue weighted by Gasteiger charge is -2.31. The van der Waals surface area contributed by atoms with Gasteiger partial charge < -0.3 is 9.30 Å². The molecule has 0 radical (unpaired) electrons. The van der Waals surface area contributed by atoms with Crippen LogP contribution in [0.3, 0.4) is 0 Å². The summed E-state index contributed by atoms with van der Waals surface area (Å²) < 4.78 is 43.7. The first-order chi connectivity index (χ1) is 12.5. The van der Waals surface area contributed by atoms with E-state index in [2.05, 4.69) is 20.7 Å². The molecule has 138 valence electrons. The lowest BCUT2D eigenvalue weighted by atomic mass is 9.86. The Morgan fingerprint density at radius 3 is 2.69 bits per heavy atom. The summed E-state index contributed by atoms with van der Waals surface area (Å²) in [5.74, 6) is 0.200. The monoisotopic (exact) mass is 363 g/mol. The summed E-state index contributed by atoms with van der Waals surface area (Å²) in [6, 6.07) is 6.38. The van der Waals surface area contributed by atoms with Crippen molar-refractivity contribution in [2.75, 3.05) is 13.2 Å². The minimum Gasteiger partial charge on any atom is -0.372 e. The van der Waals surface area contributed by atoms with Crippen molar-refractivity contribution in [1.29, 1.82) is 0 Å². The van der Waals surface area contributed by atoms with E-state index in [-0.39, 0.29) is 12.5 Å². The van der Waals surface area contributed by atoms with Crippen LogP contribution in [0, 0.1) is 5.92 Å². The number of fused-ring (bicyclic) bond motifs is 3. The van der Waals surface area contributed by atoms with Gasteiger partial charge >= 0.3 is 6.18 Å². The first kappa shape index (κ1) is 17.3. The Labute approximate surface area is 149 Å². The standard InChI is InChI=1S/C19H20F3N3O/c20-19(21,22)12-26-11-13-3-5-15(6-4-13)25-9-1-2-14-10-24-18-16(17(14)25)7-8-23-18/h1-2,7-10,13,15H,3-6,11-12H2. The van der Waals surface area contributed by atoms with E-state index in [0.717, 1.165) is 47.6 Å². The van der Waals surface area contributed by atoms with Crippen LogP contribution in [0.5, 0.6) is 0 Å². The van der Waals surface area contributed by atoms with Crippen molar-refractivity contribution in [3.63, 3.8) is 0 Å². The molecule has 0 saturated heterocycles. The molecule has 0 bridgehead atoms. The number of hydrogen-bond donors (Lipinski definition) is 0. The van der Waals surface area contributed by atoms with Gasteiger partial charge in [0.2, 0.25) is 0 Å². The third kappa shape index (κ3) is 3.53. The molecule has 0 atom stereocenters. The summed E-state index contributed by atoms with van der Waals surface area (Å²) >= 11 is 0. The van der Waals surface area contributed by atoms with Gasteiger partial charge in [-0.1, -0.05) is 0 Å². The second kappa shape index (κ2) is 6.87. The fraction of sp³-hybridized carbons (Fsp3) is 0.474. The first-order valence-electron chi connectivity index (χ1n) is 8.86. The molecule has 0 aliphatic heterocycles. The average molecular weight is 363 g/mol. The van der Waals surface area contributed by atoms with Crippen LogP contribution in [0.25, 0.3) is 21.9 Å². The summed E-state index contributed by atoms with van der Waals surface area (Å²) in [6.45, 7) is -0.965. The van der Waals surface area contributed by atoms with Gasteiger partial charge in [-0.25, -0.2) is 9.97 Å². The van der Waals surface area contributed by atoms with Crippen LogP contribution in [0.4, 0.5) is 13.2 Å². The van der Waals surface area contributed by atoms with Gasteiger partial charge in [0.05, 0.1) is 5.52 Å². The summed E-state index contributed by atoms with van der Waals surface area (Å²) in [4.78, 5) is 8.68. The quantitative estimate of drug-likeness (QED) is 0.662. The van der Waals surface area contributed by atoms with Crippen molar-refractivity contribution in [3.05, 3.63) is 36.8 Å². The number of alkyl halides is 3. The summed E-state index contributed by atoms with van der Waals surface area (Å²) in [7, 11) is 0. The zero-order chi connectivity index (χ0) is 18.1. The SMILES string of the molecule is FC(F)(F)COCC1CCC(n2cccc3cnc4nccc4c32)CC1. The van der Waals surface area contributed by atoms with E-state index in [1.165, 1.54) is 0 Å². The third-order valence-electron chi connectivity index (χ3n) is 5.14. The highest BCUT2D eigenvalue weighted by Crippen LogP contribution is 2.35.